The lowest BCUT2D eigenvalue weighted by Crippen LogP contribution is -2.63. The topological polar surface area (TPSA) is 115 Å². The molecule has 10 heteroatoms. The van der Waals surface area contributed by atoms with Crippen LogP contribution in [0.25, 0.3) is 0 Å². The van der Waals surface area contributed by atoms with E-state index in [1.54, 1.807) is 20.0 Å². The maximum absolute atomic E-state index is 13.3. The Morgan fingerprint density at radius 3 is 2.63 bits per heavy atom. The fourth-order valence-corrected chi connectivity index (χ4v) is 4.93. The van der Waals surface area contributed by atoms with E-state index in [1.807, 2.05) is 12.1 Å². The van der Waals surface area contributed by atoms with Crippen molar-refractivity contribution < 1.29 is 23.9 Å². The van der Waals surface area contributed by atoms with Gasteiger partial charge in [-0.25, -0.2) is 0 Å². The van der Waals surface area contributed by atoms with Gasteiger partial charge in [0.15, 0.2) is 17.2 Å². The molecule has 0 saturated heterocycles. The van der Waals surface area contributed by atoms with E-state index in [1.165, 1.54) is 28.5 Å². The van der Waals surface area contributed by atoms with Gasteiger partial charge < -0.3 is 25.0 Å². The van der Waals surface area contributed by atoms with Crippen molar-refractivity contribution in [3.05, 3.63) is 41.2 Å². The maximum atomic E-state index is 13.3. The number of likely N-dealkylation sites (N-methyl/N-ethyl adjacent to an activating group) is 1. The molecule has 1 aromatic heterocycles. The highest BCUT2D eigenvalue weighted by Crippen LogP contribution is 2.32. The molecule has 1 saturated carbocycles. The second-order valence-corrected chi connectivity index (χ2v) is 9.74. The summed E-state index contributed by atoms with van der Waals surface area (Å²) in [6, 6.07) is 7.08. The fourth-order valence-electron chi connectivity index (χ4n) is 4.93. The van der Waals surface area contributed by atoms with Crippen LogP contribution in [0, 0.1) is 0 Å². The van der Waals surface area contributed by atoms with Crippen LogP contribution in [0.15, 0.2) is 24.3 Å². The predicted octanol–water partition coefficient (Wildman–Crippen LogP) is 2.23. The Morgan fingerprint density at radius 2 is 1.86 bits per heavy atom. The SMILES string of the molecule is CN1C(=O)c2cc(C(=O)NCc3ccc4c(c3)OCO4)nn2CC1(C)C(=O)NC1CCCCCC1. The third-order valence-corrected chi connectivity index (χ3v) is 7.30. The summed E-state index contributed by atoms with van der Waals surface area (Å²) in [4.78, 5) is 40.7. The Labute approximate surface area is 203 Å². The molecule has 1 unspecified atom stereocenters. The third kappa shape index (κ3) is 4.44. The van der Waals surface area contributed by atoms with E-state index in [-0.39, 0.29) is 43.4 Å². The van der Waals surface area contributed by atoms with Crippen LogP contribution in [0.1, 0.15) is 72.0 Å². The van der Waals surface area contributed by atoms with E-state index in [0.717, 1.165) is 31.2 Å². The highest BCUT2D eigenvalue weighted by Gasteiger charge is 2.46. The van der Waals surface area contributed by atoms with E-state index in [4.69, 9.17) is 9.47 Å². The molecule has 1 fully saturated rings. The van der Waals surface area contributed by atoms with Gasteiger partial charge in [-0.15, -0.1) is 0 Å². The maximum Gasteiger partial charge on any atom is 0.272 e. The summed E-state index contributed by atoms with van der Waals surface area (Å²) in [6.07, 6.45) is 6.51. The van der Waals surface area contributed by atoms with E-state index < -0.39 is 11.4 Å². The first-order valence-corrected chi connectivity index (χ1v) is 12.2. The lowest BCUT2D eigenvalue weighted by atomic mass is 9.95. The predicted molar refractivity (Wildman–Crippen MR) is 126 cm³/mol. The van der Waals surface area contributed by atoms with Crippen molar-refractivity contribution in [3.63, 3.8) is 0 Å². The van der Waals surface area contributed by atoms with Gasteiger partial charge >= 0.3 is 0 Å². The van der Waals surface area contributed by atoms with Crippen molar-refractivity contribution in [1.29, 1.82) is 0 Å². The monoisotopic (exact) mass is 481 g/mol. The Balaban J connectivity index is 1.27. The van der Waals surface area contributed by atoms with Crippen LogP contribution < -0.4 is 20.1 Å². The number of carbonyl (C=O) groups is 3. The zero-order valence-corrected chi connectivity index (χ0v) is 20.1. The van der Waals surface area contributed by atoms with Crippen LogP contribution in [0.2, 0.25) is 0 Å². The van der Waals surface area contributed by atoms with Crippen molar-refractivity contribution >= 4 is 17.7 Å². The van der Waals surface area contributed by atoms with Crippen LogP contribution in [0.5, 0.6) is 11.5 Å². The number of rotatable bonds is 5. The van der Waals surface area contributed by atoms with Crippen molar-refractivity contribution in [2.75, 3.05) is 13.8 Å². The normalized spacial score (nSPS) is 21.9. The van der Waals surface area contributed by atoms with Gasteiger partial charge in [-0.05, 0) is 37.5 Å². The van der Waals surface area contributed by atoms with Crippen molar-refractivity contribution in [3.8, 4) is 11.5 Å². The number of hydrogen-bond acceptors (Lipinski definition) is 6. The van der Waals surface area contributed by atoms with Crippen molar-refractivity contribution in [2.45, 2.75) is 70.1 Å². The molecule has 1 atom stereocenters. The first-order chi connectivity index (χ1) is 16.8. The van der Waals surface area contributed by atoms with Crippen LogP contribution >= 0.6 is 0 Å². The molecule has 3 aliphatic rings. The standard InChI is InChI=1S/C25H31N5O5/c1-25(24(33)27-17-7-5-3-4-6-8-17)14-30-19(23(32)29(25)2)12-18(28-30)22(31)26-13-16-9-10-20-21(11-16)35-15-34-20/h9-12,17H,3-8,13-15H2,1-2H3,(H,26,31)(H,27,33). The van der Waals surface area contributed by atoms with Gasteiger partial charge in [-0.3, -0.25) is 19.1 Å². The zero-order chi connectivity index (χ0) is 24.6. The molecule has 2 aliphatic heterocycles. The Bertz CT molecular complexity index is 1150. The highest BCUT2D eigenvalue weighted by molar-refractivity contribution is 6.01. The van der Waals surface area contributed by atoms with Crippen LogP contribution in [0.3, 0.4) is 0 Å². The van der Waals surface area contributed by atoms with Crippen molar-refractivity contribution in [2.24, 2.45) is 0 Å². The number of nitrogens with one attached hydrogen (secondary N) is 2. The molecule has 5 rings (SSSR count). The second kappa shape index (κ2) is 9.24. The summed E-state index contributed by atoms with van der Waals surface area (Å²) in [5.41, 5.74) is 0.185. The molecular formula is C25H31N5O5. The van der Waals surface area contributed by atoms with Gasteiger partial charge in [-0.1, -0.05) is 31.7 Å². The molecular weight excluding hydrogens is 450 g/mol. The minimum Gasteiger partial charge on any atom is -0.454 e. The highest BCUT2D eigenvalue weighted by atomic mass is 16.7. The second-order valence-electron chi connectivity index (χ2n) is 9.74. The molecule has 0 spiro atoms. The lowest BCUT2D eigenvalue weighted by molar-refractivity contribution is -0.133. The van der Waals surface area contributed by atoms with Gasteiger partial charge in [0, 0.05) is 25.7 Å². The Hall–Kier alpha value is -3.56. The van der Waals surface area contributed by atoms with Crippen molar-refractivity contribution in [1.82, 2.24) is 25.3 Å². The van der Waals surface area contributed by atoms with E-state index >= 15 is 0 Å². The molecule has 0 bridgehead atoms. The smallest absolute Gasteiger partial charge is 0.272 e. The number of benzene rings is 1. The summed E-state index contributed by atoms with van der Waals surface area (Å²) < 4.78 is 12.2. The number of amides is 3. The summed E-state index contributed by atoms with van der Waals surface area (Å²) in [5.74, 6) is 0.400. The molecule has 186 valence electrons. The molecule has 3 heterocycles. The van der Waals surface area contributed by atoms with Gasteiger partial charge in [0.2, 0.25) is 12.7 Å². The summed E-state index contributed by atoms with van der Waals surface area (Å²) in [5, 5.41) is 10.4. The molecule has 1 aromatic carbocycles. The number of fused-ring (bicyclic) bond motifs is 2. The number of aromatic nitrogens is 2. The molecule has 2 aromatic rings. The summed E-state index contributed by atoms with van der Waals surface area (Å²) >= 11 is 0. The quantitative estimate of drug-likeness (QED) is 0.633. The minimum atomic E-state index is -1.09. The number of ether oxygens (including phenoxy) is 2. The summed E-state index contributed by atoms with van der Waals surface area (Å²) in [7, 11) is 1.63. The fraction of sp³-hybridized carbons (Fsp3) is 0.520. The van der Waals surface area contributed by atoms with Gasteiger partial charge in [-0.2, -0.15) is 5.10 Å². The summed E-state index contributed by atoms with van der Waals surface area (Å²) in [6.45, 7) is 2.39. The number of hydrogen-bond donors (Lipinski definition) is 2. The van der Waals surface area contributed by atoms with Gasteiger partial charge in [0.25, 0.3) is 11.8 Å². The van der Waals surface area contributed by atoms with E-state index in [2.05, 4.69) is 15.7 Å². The minimum absolute atomic E-state index is 0.127. The lowest BCUT2D eigenvalue weighted by Gasteiger charge is -2.41. The average molecular weight is 482 g/mol. The average Bonchev–Trinajstić information content (AvgIpc) is 3.41. The Kier molecular flexibility index (Phi) is 6.12. The molecule has 0 radical (unpaired) electrons. The first-order valence-electron chi connectivity index (χ1n) is 12.2. The number of nitrogens with zero attached hydrogens (tertiary/aromatic N) is 3. The Morgan fingerprint density at radius 1 is 1.11 bits per heavy atom. The molecule has 1 aliphatic carbocycles. The van der Waals surface area contributed by atoms with Gasteiger partial charge in [0.1, 0.15) is 11.2 Å². The third-order valence-electron chi connectivity index (χ3n) is 7.30. The molecule has 3 amide bonds. The van der Waals surface area contributed by atoms with E-state index in [0.29, 0.717) is 17.2 Å². The molecule has 2 N–H and O–H groups in total. The van der Waals surface area contributed by atoms with Crippen LogP contribution in [-0.2, 0) is 17.9 Å². The molecule has 10 nitrogen and oxygen atoms in total. The van der Waals surface area contributed by atoms with Crippen LogP contribution in [-0.4, -0.2) is 57.8 Å². The first kappa shape index (κ1) is 23.2. The van der Waals surface area contributed by atoms with E-state index in [9.17, 15) is 14.4 Å². The zero-order valence-electron chi connectivity index (χ0n) is 20.1. The largest absolute Gasteiger partial charge is 0.454 e. The van der Waals surface area contributed by atoms with Crippen LogP contribution in [0.4, 0.5) is 0 Å². The number of carbonyl (C=O) groups excluding carboxylic acids is 3. The van der Waals surface area contributed by atoms with Gasteiger partial charge in [0.05, 0.1) is 6.54 Å². The molecule has 35 heavy (non-hydrogen) atoms.